The van der Waals surface area contributed by atoms with Crippen LogP contribution >= 0.6 is 27.3 Å². The Hall–Kier alpha value is -3.69. The van der Waals surface area contributed by atoms with Gasteiger partial charge < -0.3 is 14.1 Å². The molecule has 9 heteroatoms. The number of hydrogen-bond donors (Lipinski definition) is 0. The van der Waals surface area contributed by atoms with Crippen LogP contribution in [0.3, 0.4) is 0 Å². The lowest BCUT2D eigenvalue weighted by Crippen LogP contribution is -2.39. The van der Waals surface area contributed by atoms with Gasteiger partial charge in [-0.25, -0.2) is 9.79 Å². The number of carbonyl (C=O) groups excluding carboxylic acids is 1. The Balaban J connectivity index is 1.62. The molecule has 0 N–H and O–H groups in total. The topological polar surface area (TPSA) is 77.0 Å². The standard InChI is InChI=1S/C29H26BrN3O4S/c1-5-36-28(35)25-17(2)31-29-33(26(25)19-8-12-21(13-9-19)32(3)4)27(34)24(38-29)16-22-14-15-23(37-22)18-6-10-20(30)11-7-18/h6-16,26H,5H2,1-4H3/b24-16-/t26-/m0/s1. The molecule has 0 spiro atoms. The van der Waals surface area contributed by atoms with Gasteiger partial charge in [0.25, 0.3) is 5.56 Å². The van der Waals surface area contributed by atoms with Crippen LogP contribution in [0.5, 0.6) is 0 Å². The number of allylic oxidation sites excluding steroid dienone is 1. The molecule has 0 fully saturated rings. The molecule has 1 atom stereocenters. The summed E-state index contributed by atoms with van der Waals surface area (Å²) in [5.74, 6) is 0.784. The summed E-state index contributed by atoms with van der Waals surface area (Å²) in [6.07, 6.45) is 1.72. The molecule has 2 aromatic heterocycles. The van der Waals surface area contributed by atoms with Gasteiger partial charge in [0.15, 0.2) is 4.80 Å². The molecule has 5 rings (SSSR count). The lowest BCUT2D eigenvalue weighted by molar-refractivity contribution is -0.139. The van der Waals surface area contributed by atoms with Gasteiger partial charge in [-0.3, -0.25) is 9.36 Å². The third-order valence-electron chi connectivity index (χ3n) is 6.27. The van der Waals surface area contributed by atoms with Crippen molar-refractivity contribution in [2.45, 2.75) is 19.9 Å². The van der Waals surface area contributed by atoms with Gasteiger partial charge in [-0.15, -0.1) is 0 Å². The van der Waals surface area contributed by atoms with Crippen LogP contribution in [-0.2, 0) is 9.53 Å². The summed E-state index contributed by atoms with van der Waals surface area (Å²) in [6, 6.07) is 18.7. The number of esters is 1. The van der Waals surface area contributed by atoms with Crippen molar-refractivity contribution in [3.8, 4) is 11.3 Å². The maximum Gasteiger partial charge on any atom is 0.338 e. The van der Waals surface area contributed by atoms with Crippen molar-refractivity contribution >= 4 is 45.0 Å². The van der Waals surface area contributed by atoms with Crippen molar-refractivity contribution < 1.29 is 13.9 Å². The van der Waals surface area contributed by atoms with Crippen LogP contribution in [-0.4, -0.2) is 31.2 Å². The minimum atomic E-state index is -0.654. The van der Waals surface area contributed by atoms with Crippen molar-refractivity contribution in [2.24, 2.45) is 4.99 Å². The number of hydrogen-bond acceptors (Lipinski definition) is 7. The predicted octanol–water partition coefficient (Wildman–Crippen LogP) is 4.89. The average molecular weight is 593 g/mol. The Kier molecular flexibility index (Phi) is 7.23. The second-order valence-electron chi connectivity index (χ2n) is 9.00. The molecule has 7 nitrogen and oxygen atoms in total. The van der Waals surface area contributed by atoms with Crippen LogP contribution in [0, 0.1) is 0 Å². The fourth-order valence-corrected chi connectivity index (χ4v) is 5.68. The second-order valence-corrected chi connectivity index (χ2v) is 10.9. The summed E-state index contributed by atoms with van der Waals surface area (Å²) in [4.78, 5) is 34.0. The lowest BCUT2D eigenvalue weighted by atomic mass is 9.95. The fourth-order valence-electron chi connectivity index (χ4n) is 4.39. The minimum absolute atomic E-state index is 0.228. The van der Waals surface area contributed by atoms with E-state index in [2.05, 4.69) is 20.9 Å². The number of nitrogens with zero attached hydrogens (tertiary/aromatic N) is 3. The number of halogens is 1. The van der Waals surface area contributed by atoms with Gasteiger partial charge in [-0.1, -0.05) is 51.5 Å². The van der Waals surface area contributed by atoms with Crippen molar-refractivity contribution in [2.75, 3.05) is 25.6 Å². The Morgan fingerprint density at radius 3 is 2.50 bits per heavy atom. The molecule has 2 aromatic carbocycles. The zero-order chi connectivity index (χ0) is 27.0. The summed E-state index contributed by atoms with van der Waals surface area (Å²) in [7, 11) is 3.92. The highest BCUT2D eigenvalue weighted by molar-refractivity contribution is 9.10. The highest BCUT2D eigenvalue weighted by Gasteiger charge is 2.33. The number of benzene rings is 2. The number of furan rings is 1. The first-order valence-corrected chi connectivity index (χ1v) is 13.7. The van der Waals surface area contributed by atoms with Crippen LogP contribution in [0.4, 0.5) is 5.69 Å². The molecular formula is C29H26BrN3O4S. The monoisotopic (exact) mass is 591 g/mol. The van der Waals surface area contributed by atoms with E-state index in [1.54, 1.807) is 24.5 Å². The van der Waals surface area contributed by atoms with Crippen LogP contribution in [0.1, 0.15) is 31.2 Å². The Labute approximate surface area is 232 Å². The summed E-state index contributed by atoms with van der Waals surface area (Å²) < 4.78 is 14.4. The molecule has 1 aliphatic rings. The number of anilines is 1. The van der Waals surface area contributed by atoms with Crippen molar-refractivity contribution in [1.82, 2.24) is 4.57 Å². The third kappa shape index (κ3) is 4.91. The lowest BCUT2D eigenvalue weighted by Gasteiger charge is -2.25. The molecule has 0 unspecified atom stereocenters. The number of ether oxygens (including phenoxy) is 1. The number of rotatable bonds is 6. The highest BCUT2D eigenvalue weighted by Crippen LogP contribution is 2.31. The summed E-state index contributed by atoms with van der Waals surface area (Å²) in [5, 5.41) is 0. The number of fused-ring (bicyclic) bond motifs is 1. The molecule has 0 radical (unpaired) electrons. The van der Waals surface area contributed by atoms with E-state index in [9.17, 15) is 9.59 Å². The van der Waals surface area contributed by atoms with E-state index in [0.717, 1.165) is 21.3 Å². The second kappa shape index (κ2) is 10.6. The average Bonchev–Trinajstić information content (AvgIpc) is 3.48. The minimum Gasteiger partial charge on any atom is -0.463 e. The molecule has 3 heterocycles. The van der Waals surface area contributed by atoms with E-state index in [1.807, 2.05) is 79.7 Å². The fraction of sp³-hybridized carbons (Fsp3) is 0.207. The summed E-state index contributed by atoms with van der Waals surface area (Å²) >= 11 is 4.71. The van der Waals surface area contributed by atoms with Crippen LogP contribution in [0.15, 0.2) is 90.6 Å². The normalized spacial score (nSPS) is 15.3. The van der Waals surface area contributed by atoms with Gasteiger partial charge in [0.05, 0.1) is 28.5 Å². The molecule has 0 bridgehead atoms. The van der Waals surface area contributed by atoms with E-state index in [1.165, 1.54) is 11.3 Å². The SMILES string of the molecule is CCOC(=O)C1=C(C)N=c2s/c(=C\c3ccc(-c4ccc(Br)cc4)o3)c(=O)n2[C@H]1c1ccc(N(C)C)cc1. The maximum absolute atomic E-state index is 13.8. The molecule has 194 valence electrons. The predicted molar refractivity (Wildman–Crippen MR) is 153 cm³/mol. The smallest absolute Gasteiger partial charge is 0.338 e. The van der Waals surface area contributed by atoms with E-state index in [4.69, 9.17) is 9.15 Å². The van der Waals surface area contributed by atoms with Gasteiger partial charge in [-0.05, 0) is 55.8 Å². The van der Waals surface area contributed by atoms with E-state index < -0.39 is 12.0 Å². The Morgan fingerprint density at radius 2 is 1.84 bits per heavy atom. The molecule has 0 saturated carbocycles. The zero-order valence-corrected chi connectivity index (χ0v) is 23.8. The molecule has 0 aliphatic carbocycles. The highest BCUT2D eigenvalue weighted by atomic mass is 79.9. The van der Waals surface area contributed by atoms with Crippen molar-refractivity contribution in [3.05, 3.63) is 107 Å². The first kappa shape index (κ1) is 25.9. The first-order chi connectivity index (χ1) is 18.3. The van der Waals surface area contributed by atoms with Gasteiger partial charge in [0.1, 0.15) is 11.5 Å². The number of aromatic nitrogens is 1. The van der Waals surface area contributed by atoms with Gasteiger partial charge in [0, 0.05) is 35.9 Å². The molecule has 38 heavy (non-hydrogen) atoms. The van der Waals surface area contributed by atoms with Crippen LogP contribution in [0.25, 0.3) is 17.4 Å². The van der Waals surface area contributed by atoms with Crippen molar-refractivity contribution in [1.29, 1.82) is 0 Å². The van der Waals surface area contributed by atoms with E-state index in [-0.39, 0.29) is 12.2 Å². The van der Waals surface area contributed by atoms with Gasteiger partial charge in [0.2, 0.25) is 0 Å². The van der Waals surface area contributed by atoms with Gasteiger partial charge in [-0.2, -0.15) is 0 Å². The quantitative estimate of drug-likeness (QED) is 0.298. The maximum atomic E-state index is 13.8. The zero-order valence-electron chi connectivity index (χ0n) is 21.4. The Morgan fingerprint density at radius 1 is 1.13 bits per heavy atom. The summed E-state index contributed by atoms with van der Waals surface area (Å²) in [5.41, 5.74) is 3.40. The first-order valence-electron chi connectivity index (χ1n) is 12.1. The van der Waals surface area contributed by atoms with Crippen LogP contribution < -0.4 is 19.8 Å². The van der Waals surface area contributed by atoms with E-state index >= 15 is 0 Å². The van der Waals surface area contributed by atoms with E-state index in [0.29, 0.717) is 32.1 Å². The Bertz CT molecular complexity index is 1710. The number of thiazole rings is 1. The van der Waals surface area contributed by atoms with Crippen molar-refractivity contribution in [3.63, 3.8) is 0 Å². The van der Waals surface area contributed by atoms with Gasteiger partial charge >= 0.3 is 5.97 Å². The largest absolute Gasteiger partial charge is 0.463 e. The summed E-state index contributed by atoms with van der Waals surface area (Å²) in [6.45, 7) is 3.77. The van der Waals surface area contributed by atoms with Crippen LogP contribution in [0.2, 0.25) is 0 Å². The molecule has 4 aromatic rings. The molecular weight excluding hydrogens is 566 g/mol. The number of carbonyl (C=O) groups is 1. The molecule has 1 aliphatic heterocycles. The molecule has 0 amide bonds. The third-order valence-corrected chi connectivity index (χ3v) is 7.78. The molecule has 0 saturated heterocycles.